The normalized spacial score (nSPS) is 33.7. The van der Waals surface area contributed by atoms with Gasteiger partial charge in [0.1, 0.15) is 0 Å². The van der Waals surface area contributed by atoms with Crippen LogP contribution in [0, 0.1) is 5.92 Å². The first-order valence-electron chi connectivity index (χ1n) is 3.46. The van der Waals surface area contributed by atoms with Crippen LogP contribution in [0.2, 0.25) is 0 Å². The minimum Gasteiger partial charge on any atom is -0.262 e. The highest BCUT2D eigenvalue weighted by atomic mass is 35.5. The Morgan fingerprint density at radius 3 is 1.91 bits per heavy atom. The van der Waals surface area contributed by atoms with Gasteiger partial charge in [0.25, 0.3) is 0 Å². The zero-order chi connectivity index (χ0) is 9.07. The molecule has 0 radical (unpaired) electrons. The van der Waals surface area contributed by atoms with Crippen LogP contribution < -0.4 is 0 Å². The molecule has 0 aromatic heterocycles. The van der Waals surface area contributed by atoms with Crippen molar-refractivity contribution in [2.75, 3.05) is 0 Å². The molecule has 2 unspecified atom stereocenters. The first kappa shape index (κ1) is 11.5. The Balaban J connectivity index is 0.000000218. The monoisotopic (exact) mass is 216 g/mol. The fourth-order valence-electron chi connectivity index (χ4n) is 0.943. The summed E-state index contributed by atoms with van der Waals surface area (Å²) in [6, 6.07) is 0. The molecule has 0 saturated heterocycles. The van der Waals surface area contributed by atoms with Gasteiger partial charge < -0.3 is 0 Å². The molecule has 0 N–H and O–H groups in total. The summed E-state index contributed by atoms with van der Waals surface area (Å²) in [7, 11) is 0. The molecule has 0 spiro atoms. The quantitative estimate of drug-likeness (QED) is 0.479. The zero-order valence-corrected chi connectivity index (χ0v) is 8.80. The molecule has 1 saturated carbocycles. The summed E-state index contributed by atoms with van der Waals surface area (Å²) in [5.41, 5.74) is 0. The number of carbonyl (C=O) groups is 1. The van der Waals surface area contributed by atoms with E-state index in [2.05, 4.69) is 37.0 Å². The van der Waals surface area contributed by atoms with Gasteiger partial charge in [-0.15, -0.1) is 11.6 Å². The topological polar surface area (TPSA) is 17.1 Å². The van der Waals surface area contributed by atoms with E-state index in [1.54, 1.807) is 0 Å². The molecular formula is C7H11Cl3O. The Morgan fingerprint density at radius 2 is 1.91 bits per heavy atom. The van der Waals surface area contributed by atoms with E-state index in [1.165, 1.54) is 6.42 Å². The number of rotatable bonds is 1. The Labute approximate surface area is 82.0 Å². The largest absolute Gasteiger partial charge is 0.313 e. The third kappa shape index (κ3) is 4.89. The third-order valence-electron chi connectivity index (χ3n) is 1.96. The lowest BCUT2D eigenvalue weighted by Crippen LogP contribution is -1.95. The molecule has 0 aliphatic heterocycles. The average Bonchev–Trinajstić information content (AvgIpc) is 2.41. The molecule has 1 fully saturated rings. The van der Waals surface area contributed by atoms with Crippen LogP contribution in [0.5, 0.6) is 0 Å². The van der Waals surface area contributed by atoms with Crippen molar-refractivity contribution in [1.82, 2.24) is 0 Å². The lowest BCUT2D eigenvalue weighted by molar-refractivity contribution is 0.275. The van der Waals surface area contributed by atoms with Gasteiger partial charge in [-0.3, -0.25) is 4.79 Å². The molecule has 1 nitrogen and oxygen atoms in total. The smallest absolute Gasteiger partial charge is 0.262 e. The molecule has 0 bridgehead atoms. The second-order valence-corrected chi connectivity index (χ2v) is 4.35. The maximum Gasteiger partial charge on any atom is 0.313 e. The zero-order valence-electron chi connectivity index (χ0n) is 6.53. The van der Waals surface area contributed by atoms with Crippen LogP contribution in [0.4, 0.5) is 4.79 Å². The van der Waals surface area contributed by atoms with Gasteiger partial charge in [-0.2, -0.15) is 0 Å². The van der Waals surface area contributed by atoms with Crippen molar-refractivity contribution in [1.29, 1.82) is 0 Å². The highest BCUT2D eigenvalue weighted by molar-refractivity contribution is 6.93. The molecule has 1 aliphatic rings. The number of halogens is 3. The van der Waals surface area contributed by atoms with E-state index in [4.69, 9.17) is 16.4 Å². The van der Waals surface area contributed by atoms with Crippen molar-refractivity contribution in [2.45, 2.75) is 31.6 Å². The number of hydrogen-bond acceptors (Lipinski definition) is 1. The highest BCUT2D eigenvalue weighted by Crippen LogP contribution is 2.51. The summed E-state index contributed by atoms with van der Waals surface area (Å²) in [4.78, 5) is 9.20. The van der Waals surface area contributed by atoms with Crippen molar-refractivity contribution >= 4 is 39.5 Å². The van der Waals surface area contributed by atoms with Crippen LogP contribution >= 0.6 is 34.8 Å². The predicted octanol–water partition coefficient (Wildman–Crippen LogP) is 4.00. The van der Waals surface area contributed by atoms with Crippen LogP contribution in [-0.4, -0.2) is 9.58 Å². The van der Waals surface area contributed by atoms with E-state index in [0.29, 0.717) is 0 Å². The molecule has 0 aromatic carbocycles. The minimum atomic E-state index is -0.889. The van der Waals surface area contributed by atoms with Crippen LogP contribution in [0.1, 0.15) is 26.7 Å². The molecule has 0 aromatic rings. The molecule has 1 aliphatic carbocycles. The minimum absolute atomic E-state index is 0.222. The molecule has 0 amide bonds. The summed E-state index contributed by atoms with van der Waals surface area (Å²) in [5.74, 6) is 0.777. The van der Waals surface area contributed by atoms with E-state index in [0.717, 1.165) is 12.3 Å². The second-order valence-electron chi connectivity index (χ2n) is 2.72. The fourth-order valence-corrected chi connectivity index (χ4v) is 1.17. The first-order chi connectivity index (χ1) is 4.92. The maximum absolute atomic E-state index is 8.98. The Morgan fingerprint density at radius 1 is 1.64 bits per heavy atom. The van der Waals surface area contributed by atoms with Crippen molar-refractivity contribution in [2.24, 2.45) is 5.92 Å². The Kier molecular flexibility index (Phi) is 4.76. The van der Waals surface area contributed by atoms with Crippen LogP contribution in [-0.2, 0) is 0 Å². The van der Waals surface area contributed by atoms with Gasteiger partial charge in [0.2, 0.25) is 0 Å². The van der Waals surface area contributed by atoms with Crippen molar-refractivity contribution in [3.63, 3.8) is 0 Å². The summed E-state index contributed by atoms with van der Waals surface area (Å²) in [5, 5.41) is 0. The fraction of sp³-hybridized carbons (Fsp3) is 0.857. The number of alkyl halides is 1. The molecule has 66 valence electrons. The Bertz CT molecular complexity index is 141. The molecule has 4 heteroatoms. The van der Waals surface area contributed by atoms with Gasteiger partial charge in [0, 0.05) is 4.87 Å². The van der Waals surface area contributed by atoms with Crippen molar-refractivity contribution < 1.29 is 4.79 Å². The standard InChI is InChI=1S/C6H11Cl.CCl2O/c1-3-6(7)4-5(6)2;2-1(3)4/h5H,3-4H2,1-2H3;. The highest BCUT2D eigenvalue weighted by Gasteiger charge is 2.47. The van der Waals surface area contributed by atoms with Crippen molar-refractivity contribution in [3.8, 4) is 0 Å². The molecular weight excluding hydrogens is 206 g/mol. The number of carbonyl (C=O) groups excluding carboxylic acids is 1. The van der Waals surface area contributed by atoms with Crippen molar-refractivity contribution in [3.05, 3.63) is 0 Å². The van der Waals surface area contributed by atoms with Gasteiger partial charge >= 0.3 is 4.70 Å². The molecule has 2 atom stereocenters. The van der Waals surface area contributed by atoms with E-state index >= 15 is 0 Å². The van der Waals surface area contributed by atoms with Gasteiger partial charge in [0.05, 0.1) is 0 Å². The lowest BCUT2D eigenvalue weighted by Gasteiger charge is -1.97. The maximum atomic E-state index is 8.98. The Hall–Kier alpha value is 0.540. The first-order valence-corrected chi connectivity index (χ1v) is 4.59. The summed E-state index contributed by atoms with van der Waals surface area (Å²) in [6.45, 7) is 4.35. The summed E-state index contributed by atoms with van der Waals surface area (Å²) < 4.78 is -0.889. The predicted molar refractivity (Wildman–Crippen MR) is 49.8 cm³/mol. The van der Waals surface area contributed by atoms with Crippen LogP contribution in [0.15, 0.2) is 0 Å². The SMILES string of the molecule is CCC1(Cl)CC1C.O=C(Cl)Cl. The lowest BCUT2D eigenvalue weighted by atomic mass is 10.3. The summed E-state index contributed by atoms with van der Waals surface area (Å²) in [6.07, 6.45) is 2.36. The van der Waals surface area contributed by atoms with Crippen LogP contribution in [0.25, 0.3) is 0 Å². The van der Waals surface area contributed by atoms with Gasteiger partial charge in [-0.05, 0) is 42.0 Å². The van der Waals surface area contributed by atoms with E-state index in [-0.39, 0.29) is 4.87 Å². The van der Waals surface area contributed by atoms with E-state index < -0.39 is 4.70 Å². The van der Waals surface area contributed by atoms with Gasteiger partial charge in [-0.25, -0.2) is 0 Å². The second kappa shape index (κ2) is 4.54. The van der Waals surface area contributed by atoms with Gasteiger partial charge in [-0.1, -0.05) is 13.8 Å². The van der Waals surface area contributed by atoms with Gasteiger partial charge in [0.15, 0.2) is 0 Å². The molecule has 11 heavy (non-hydrogen) atoms. The van der Waals surface area contributed by atoms with E-state index in [1.807, 2.05) is 0 Å². The van der Waals surface area contributed by atoms with E-state index in [9.17, 15) is 0 Å². The average molecular weight is 218 g/mol. The third-order valence-corrected chi connectivity index (χ3v) is 2.75. The molecule has 1 rings (SSSR count). The number of hydrogen-bond donors (Lipinski definition) is 0. The van der Waals surface area contributed by atoms with Crippen LogP contribution in [0.3, 0.4) is 0 Å². The molecule has 0 heterocycles. The summed E-state index contributed by atoms with van der Waals surface area (Å²) >= 11 is 14.8.